The predicted molar refractivity (Wildman–Crippen MR) is 109 cm³/mol. The molecular weight excluding hydrogens is 345 g/mol. The summed E-state index contributed by atoms with van der Waals surface area (Å²) in [4.78, 5) is 0. The van der Waals surface area contributed by atoms with E-state index >= 15 is 0 Å². The maximum atomic E-state index is 12.3. The molecule has 0 unspecified atom stereocenters. The molecule has 2 rings (SSSR count). The van der Waals surface area contributed by atoms with Crippen molar-refractivity contribution in [1.82, 2.24) is 0 Å². The van der Waals surface area contributed by atoms with Crippen LogP contribution in [0.1, 0.15) is 110 Å². The molecule has 0 saturated heterocycles. The molecular formula is C24H41F3. The first-order chi connectivity index (χ1) is 13.0. The highest BCUT2D eigenvalue weighted by molar-refractivity contribution is 4.96. The summed E-state index contributed by atoms with van der Waals surface area (Å²) >= 11 is 0. The van der Waals surface area contributed by atoms with E-state index in [2.05, 4.69) is 6.92 Å². The second kappa shape index (κ2) is 12.2. The van der Waals surface area contributed by atoms with E-state index in [-0.39, 0.29) is 5.92 Å². The fraction of sp³-hybridized carbons (Fsp3) is 0.917. The number of halogens is 3. The van der Waals surface area contributed by atoms with Crippen molar-refractivity contribution in [2.45, 2.75) is 116 Å². The van der Waals surface area contributed by atoms with Gasteiger partial charge in [0.25, 0.3) is 0 Å². The first-order valence-electron chi connectivity index (χ1n) is 11.7. The predicted octanol–water partition coefficient (Wildman–Crippen LogP) is 8.86. The van der Waals surface area contributed by atoms with Crippen molar-refractivity contribution in [3.63, 3.8) is 0 Å². The van der Waals surface area contributed by atoms with E-state index in [0.717, 1.165) is 43.4 Å². The standard InChI is InChI=1S/C24H41F3/c1-2-3-4-5-6-7-8-9-20-10-14-22(15-11-20)23-16-12-21(13-17-23)18-19-24(25,26)27/h18-23H,2-17H2,1H3/t20-,21-,22-,23-. The van der Waals surface area contributed by atoms with Gasteiger partial charge < -0.3 is 0 Å². The highest BCUT2D eigenvalue weighted by atomic mass is 19.4. The van der Waals surface area contributed by atoms with Gasteiger partial charge in [0.2, 0.25) is 0 Å². The van der Waals surface area contributed by atoms with E-state index in [4.69, 9.17) is 0 Å². The Balaban J connectivity index is 1.54. The third-order valence-corrected chi connectivity index (χ3v) is 7.15. The molecule has 0 amide bonds. The van der Waals surface area contributed by atoms with Gasteiger partial charge in [-0.05, 0) is 62.2 Å². The zero-order chi connectivity index (χ0) is 19.5. The van der Waals surface area contributed by atoms with Crippen molar-refractivity contribution in [3.8, 4) is 0 Å². The molecule has 27 heavy (non-hydrogen) atoms. The van der Waals surface area contributed by atoms with Gasteiger partial charge in [0.15, 0.2) is 0 Å². The molecule has 0 spiro atoms. The van der Waals surface area contributed by atoms with Crippen molar-refractivity contribution >= 4 is 0 Å². The van der Waals surface area contributed by atoms with Crippen LogP contribution in [-0.4, -0.2) is 6.18 Å². The highest BCUT2D eigenvalue weighted by Gasteiger charge is 2.31. The minimum Gasteiger partial charge on any atom is -0.167 e. The summed E-state index contributed by atoms with van der Waals surface area (Å²) < 4.78 is 36.9. The van der Waals surface area contributed by atoms with Gasteiger partial charge in [-0.15, -0.1) is 0 Å². The van der Waals surface area contributed by atoms with Crippen molar-refractivity contribution in [2.24, 2.45) is 23.7 Å². The topological polar surface area (TPSA) is 0 Å². The average molecular weight is 387 g/mol. The van der Waals surface area contributed by atoms with Crippen LogP contribution >= 0.6 is 0 Å². The number of unbranched alkanes of at least 4 members (excludes halogenated alkanes) is 6. The van der Waals surface area contributed by atoms with Gasteiger partial charge in [-0.3, -0.25) is 0 Å². The lowest BCUT2D eigenvalue weighted by atomic mass is 9.68. The van der Waals surface area contributed by atoms with Crippen LogP contribution in [0.25, 0.3) is 0 Å². The second-order valence-corrected chi connectivity index (χ2v) is 9.27. The molecule has 0 nitrogen and oxygen atoms in total. The molecule has 158 valence electrons. The maximum Gasteiger partial charge on any atom is 0.409 e. The van der Waals surface area contributed by atoms with Crippen LogP contribution in [0.4, 0.5) is 13.2 Å². The Hall–Kier alpha value is -0.470. The van der Waals surface area contributed by atoms with Crippen molar-refractivity contribution in [3.05, 3.63) is 12.2 Å². The lowest BCUT2D eigenvalue weighted by Gasteiger charge is -2.37. The van der Waals surface area contributed by atoms with Gasteiger partial charge in [0.1, 0.15) is 0 Å². The van der Waals surface area contributed by atoms with E-state index in [1.54, 1.807) is 0 Å². The summed E-state index contributed by atoms with van der Waals surface area (Å²) in [6.45, 7) is 2.27. The fourth-order valence-corrected chi connectivity index (χ4v) is 5.39. The van der Waals surface area contributed by atoms with Crippen molar-refractivity contribution in [1.29, 1.82) is 0 Å². The Bertz CT molecular complexity index is 396. The highest BCUT2D eigenvalue weighted by Crippen LogP contribution is 2.42. The summed E-state index contributed by atoms with van der Waals surface area (Å²) in [5.41, 5.74) is 0. The summed E-state index contributed by atoms with van der Waals surface area (Å²) in [5.74, 6) is 2.72. The summed E-state index contributed by atoms with van der Waals surface area (Å²) in [6, 6.07) is 0. The molecule has 0 N–H and O–H groups in total. The van der Waals surface area contributed by atoms with Gasteiger partial charge in [-0.1, -0.05) is 77.2 Å². The number of hydrogen-bond donors (Lipinski definition) is 0. The van der Waals surface area contributed by atoms with E-state index in [1.165, 1.54) is 83.1 Å². The average Bonchev–Trinajstić information content (AvgIpc) is 2.66. The van der Waals surface area contributed by atoms with E-state index in [9.17, 15) is 13.2 Å². The first-order valence-corrected chi connectivity index (χ1v) is 11.7. The third-order valence-electron chi connectivity index (χ3n) is 7.15. The SMILES string of the molecule is CCCCCCCCC[C@H]1CC[C@H]([C@H]2CC[C@H](C=CC(F)(F)F)CC2)CC1. The Labute approximate surface area is 165 Å². The minimum absolute atomic E-state index is 0.150. The monoisotopic (exact) mass is 386 g/mol. The third kappa shape index (κ3) is 9.52. The molecule has 0 radical (unpaired) electrons. The zero-order valence-corrected chi connectivity index (χ0v) is 17.4. The van der Waals surface area contributed by atoms with Crippen LogP contribution in [0.3, 0.4) is 0 Å². The summed E-state index contributed by atoms with van der Waals surface area (Å²) in [7, 11) is 0. The first kappa shape index (κ1) is 22.8. The number of rotatable bonds is 10. The van der Waals surface area contributed by atoms with Gasteiger partial charge in [-0.2, -0.15) is 13.2 Å². The van der Waals surface area contributed by atoms with Crippen LogP contribution in [0.5, 0.6) is 0 Å². The summed E-state index contributed by atoms with van der Waals surface area (Å²) in [6.07, 6.45) is 18.7. The molecule has 3 heteroatoms. The lowest BCUT2D eigenvalue weighted by Crippen LogP contribution is -2.25. The fourth-order valence-electron chi connectivity index (χ4n) is 5.39. The smallest absolute Gasteiger partial charge is 0.167 e. The second-order valence-electron chi connectivity index (χ2n) is 9.27. The van der Waals surface area contributed by atoms with Crippen LogP contribution in [0.2, 0.25) is 0 Å². The molecule has 2 aliphatic carbocycles. The van der Waals surface area contributed by atoms with Crippen LogP contribution in [0.15, 0.2) is 12.2 Å². The Morgan fingerprint density at radius 3 is 1.78 bits per heavy atom. The molecule has 0 heterocycles. The molecule has 2 saturated carbocycles. The van der Waals surface area contributed by atoms with E-state index in [1.807, 2.05) is 0 Å². The molecule has 2 aliphatic rings. The normalized spacial score (nSPS) is 30.1. The number of hydrogen-bond acceptors (Lipinski definition) is 0. The quantitative estimate of drug-likeness (QED) is 0.260. The molecule has 0 aromatic rings. The summed E-state index contributed by atoms with van der Waals surface area (Å²) in [5, 5.41) is 0. The van der Waals surface area contributed by atoms with Gasteiger partial charge >= 0.3 is 6.18 Å². The molecule has 0 aromatic heterocycles. The molecule has 0 aliphatic heterocycles. The van der Waals surface area contributed by atoms with Gasteiger partial charge in [0, 0.05) is 6.08 Å². The minimum atomic E-state index is -4.15. The molecule has 0 aromatic carbocycles. The molecule has 0 atom stereocenters. The van der Waals surface area contributed by atoms with Crippen LogP contribution in [0, 0.1) is 23.7 Å². The lowest BCUT2D eigenvalue weighted by molar-refractivity contribution is -0.0803. The number of alkyl halides is 3. The van der Waals surface area contributed by atoms with E-state index < -0.39 is 6.18 Å². The van der Waals surface area contributed by atoms with Crippen molar-refractivity contribution in [2.75, 3.05) is 0 Å². The van der Waals surface area contributed by atoms with Crippen molar-refractivity contribution < 1.29 is 13.2 Å². The number of allylic oxidation sites excluding steroid dienone is 2. The Morgan fingerprint density at radius 1 is 0.704 bits per heavy atom. The Kier molecular flexibility index (Phi) is 10.3. The largest absolute Gasteiger partial charge is 0.409 e. The maximum absolute atomic E-state index is 12.3. The molecule has 0 bridgehead atoms. The van der Waals surface area contributed by atoms with Crippen LogP contribution in [-0.2, 0) is 0 Å². The molecule has 2 fully saturated rings. The zero-order valence-electron chi connectivity index (χ0n) is 17.4. The van der Waals surface area contributed by atoms with Crippen LogP contribution < -0.4 is 0 Å². The van der Waals surface area contributed by atoms with Gasteiger partial charge in [0.05, 0.1) is 0 Å². The Morgan fingerprint density at radius 2 is 1.22 bits per heavy atom. The van der Waals surface area contributed by atoms with Gasteiger partial charge in [-0.25, -0.2) is 0 Å². The van der Waals surface area contributed by atoms with E-state index in [0.29, 0.717) is 6.08 Å².